The Morgan fingerprint density at radius 2 is 2.24 bits per heavy atom. The van der Waals surface area contributed by atoms with Gasteiger partial charge in [0.05, 0.1) is 6.20 Å². The molecular formula is C12H12N4O. The summed E-state index contributed by atoms with van der Waals surface area (Å²) in [6, 6.07) is 9.47. The van der Waals surface area contributed by atoms with Crippen LogP contribution in [-0.2, 0) is 11.2 Å². The molecule has 0 bridgehead atoms. The second kappa shape index (κ2) is 3.93. The van der Waals surface area contributed by atoms with Gasteiger partial charge in [-0.15, -0.1) is 0 Å². The number of rotatable bonds is 2. The molecule has 0 spiro atoms. The predicted octanol–water partition coefficient (Wildman–Crippen LogP) is 1.38. The number of fused-ring (bicyclic) bond motifs is 1. The fourth-order valence-electron chi connectivity index (χ4n) is 2.00. The third-order valence-corrected chi connectivity index (χ3v) is 2.85. The molecule has 1 amide bonds. The number of aromatic nitrogens is 2. The van der Waals surface area contributed by atoms with Gasteiger partial charge in [-0.1, -0.05) is 18.2 Å². The first-order valence-corrected chi connectivity index (χ1v) is 5.47. The lowest BCUT2D eigenvalue weighted by atomic mass is 10.1. The lowest BCUT2D eigenvalue weighted by Crippen LogP contribution is -2.32. The Bertz CT molecular complexity index is 510. The van der Waals surface area contributed by atoms with E-state index in [-0.39, 0.29) is 11.9 Å². The van der Waals surface area contributed by atoms with Crippen LogP contribution in [-0.4, -0.2) is 22.1 Å². The molecule has 1 aliphatic heterocycles. The summed E-state index contributed by atoms with van der Waals surface area (Å²) >= 11 is 0. The Balaban J connectivity index is 1.70. The molecule has 86 valence electrons. The van der Waals surface area contributed by atoms with Gasteiger partial charge in [0.1, 0.15) is 11.9 Å². The van der Waals surface area contributed by atoms with Crippen LogP contribution in [0.3, 0.4) is 0 Å². The Morgan fingerprint density at radius 1 is 1.35 bits per heavy atom. The molecule has 3 N–H and O–H groups in total. The molecule has 1 aliphatic rings. The third-order valence-electron chi connectivity index (χ3n) is 2.85. The Hall–Kier alpha value is -2.30. The number of hydrogen-bond acceptors (Lipinski definition) is 3. The highest BCUT2D eigenvalue weighted by Crippen LogP contribution is 2.25. The minimum Gasteiger partial charge on any atom is -0.373 e. The first-order chi connectivity index (χ1) is 8.33. The molecule has 1 unspecified atom stereocenters. The van der Waals surface area contributed by atoms with Crippen LogP contribution in [0.15, 0.2) is 36.5 Å². The van der Waals surface area contributed by atoms with Gasteiger partial charge in [0.2, 0.25) is 5.91 Å². The number of para-hydroxylation sites is 1. The van der Waals surface area contributed by atoms with Crippen molar-refractivity contribution in [2.75, 3.05) is 10.6 Å². The van der Waals surface area contributed by atoms with Gasteiger partial charge in [0, 0.05) is 18.2 Å². The normalized spacial score (nSPS) is 17.3. The fraction of sp³-hybridized carbons (Fsp3) is 0.167. The quantitative estimate of drug-likeness (QED) is 0.727. The molecule has 1 aromatic heterocycles. The highest BCUT2D eigenvalue weighted by molar-refractivity contribution is 5.97. The molecular weight excluding hydrogens is 216 g/mol. The predicted molar refractivity (Wildman–Crippen MR) is 64.8 cm³/mol. The monoisotopic (exact) mass is 228 g/mol. The third kappa shape index (κ3) is 1.87. The molecule has 0 saturated heterocycles. The average molecular weight is 228 g/mol. The van der Waals surface area contributed by atoms with Gasteiger partial charge in [-0.2, -0.15) is 5.10 Å². The summed E-state index contributed by atoms with van der Waals surface area (Å²) in [6.07, 6.45) is 2.32. The molecule has 0 saturated carbocycles. The number of H-pyrrole nitrogens is 1. The summed E-state index contributed by atoms with van der Waals surface area (Å²) in [6.45, 7) is 0. The first-order valence-electron chi connectivity index (χ1n) is 5.47. The molecule has 5 heteroatoms. The van der Waals surface area contributed by atoms with Gasteiger partial charge >= 0.3 is 0 Å². The van der Waals surface area contributed by atoms with Crippen molar-refractivity contribution in [2.24, 2.45) is 0 Å². The zero-order chi connectivity index (χ0) is 11.7. The molecule has 0 radical (unpaired) electrons. The first kappa shape index (κ1) is 9.89. The summed E-state index contributed by atoms with van der Waals surface area (Å²) < 4.78 is 0. The second-order valence-corrected chi connectivity index (χ2v) is 4.02. The second-order valence-electron chi connectivity index (χ2n) is 4.02. The number of carbonyl (C=O) groups is 1. The van der Waals surface area contributed by atoms with E-state index < -0.39 is 0 Å². The summed E-state index contributed by atoms with van der Waals surface area (Å²) in [5, 5.41) is 12.5. The molecule has 1 aromatic carbocycles. The van der Waals surface area contributed by atoms with Crippen LogP contribution < -0.4 is 10.6 Å². The average Bonchev–Trinajstić information content (AvgIpc) is 2.96. The van der Waals surface area contributed by atoms with Crippen LogP contribution >= 0.6 is 0 Å². The maximum absolute atomic E-state index is 12.0. The smallest absolute Gasteiger partial charge is 0.248 e. The number of hydrogen-bond donors (Lipinski definition) is 3. The number of amides is 1. The minimum atomic E-state index is -0.212. The standard InChI is InChI=1S/C12H12N4O/c17-12(15-11-5-6-13-16-11)10-7-8-3-1-2-4-9(8)14-10/h1-6,10,14H,7H2,(H2,13,15,16,17). The van der Waals surface area contributed by atoms with Crippen molar-refractivity contribution in [3.8, 4) is 0 Å². The van der Waals surface area contributed by atoms with Crippen molar-refractivity contribution >= 4 is 17.4 Å². The Labute approximate surface area is 98.2 Å². The molecule has 0 fully saturated rings. The van der Waals surface area contributed by atoms with E-state index >= 15 is 0 Å². The van der Waals surface area contributed by atoms with Crippen LogP contribution in [0.1, 0.15) is 5.56 Å². The van der Waals surface area contributed by atoms with Crippen LogP contribution in [0.25, 0.3) is 0 Å². The summed E-state index contributed by atoms with van der Waals surface area (Å²) in [5.74, 6) is 0.568. The number of aromatic amines is 1. The number of nitrogens with zero attached hydrogens (tertiary/aromatic N) is 1. The van der Waals surface area contributed by atoms with E-state index in [0.29, 0.717) is 5.82 Å². The van der Waals surface area contributed by atoms with Gasteiger partial charge in [-0.05, 0) is 11.6 Å². The molecule has 3 rings (SSSR count). The summed E-state index contributed by atoms with van der Waals surface area (Å²) in [7, 11) is 0. The fourth-order valence-corrected chi connectivity index (χ4v) is 2.00. The van der Waals surface area contributed by atoms with Crippen molar-refractivity contribution in [1.82, 2.24) is 10.2 Å². The van der Waals surface area contributed by atoms with Crippen molar-refractivity contribution in [1.29, 1.82) is 0 Å². The lowest BCUT2D eigenvalue weighted by molar-refractivity contribution is -0.116. The van der Waals surface area contributed by atoms with Crippen LogP contribution in [0.2, 0.25) is 0 Å². The van der Waals surface area contributed by atoms with Crippen LogP contribution in [0, 0.1) is 0 Å². The molecule has 0 aliphatic carbocycles. The highest BCUT2D eigenvalue weighted by Gasteiger charge is 2.26. The SMILES string of the molecule is O=C(Nc1ccn[nH]1)C1Cc2ccccc2N1. The van der Waals surface area contributed by atoms with Gasteiger partial charge in [-0.3, -0.25) is 9.89 Å². The molecule has 1 atom stereocenters. The number of benzene rings is 1. The topological polar surface area (TPSA) is 69.8 Å². The van der Waals surface area contributed by atoms with Crippen molar-refractivity contribution in [3.05, 3.63) is 42.1 Å². The summed E-state index contributed by atoms with van der Waals surface area (Å²) in [5.41, 5.74) is 2.22. The van der Waals surface area contributed by atoms with Crippen molar-refractivity contribution < 1.29 is 4.79 Å². The van der Waals surface area contributed by atoms with E-state index in [9.17, 15) is 4.79 Å². The van der Waals surface area contributed by atoms with Gasteiger partial charge in [-0.25, -0.2) is 0 Å². The van der Waals surface area contributed by atoms with Crippen molar-refractivity contribution in [2.45, 2.75) is 12.5 Å². The zero-order valence-electron chi connectivity index (χ0n) is 9.10. The summed E-state index contributed by atoms with van der Waals surface area (Å²) in [4.78, 5) is 12.0. The minimum absolute atomic E-state index is 0.0505. The molecule has 2 aromatic rings. The number of anilines is 2. The van der Waals surface area contributed by atoms with E-state index in [1.807, 2.05) is 24.3 Å². The van der Waals surface area contributed by atoms with E-state index in [4.69, 9.17) is 0 Å². The van der Waals surface area contributed by atoms with Gasteiger partial charge < -0.3 is 10.6 Å². The largest absolute Gasteiger partial charge is 0.373 e. The number of nitrogens with one attached hydrogen (secondary N) is 3. The Kier molecular flexibility index (Phi) is 2.29. The van der Waals surface area contributed by atoms with Crippen molar-refractivity contribution in [3.63, 3.8) is 0 Å². The van der Waals surface area contributed by atoms with E-state index in [1.165, 1.54) is 5.56 Å². The maximum Gasteiger partial charge on any atom is 0.248 e. The lowest BCUT2D eigenvalue weighted by Gasteiger charge is -2.10. The number of carbonyl (C=O) groups excluding carboxylic acids is 1. The van der Waals surface area contributed by atoms with Gasteiger partial charge in [0.15, 0.2) is 0 Å². The van der Waals surface area contributed by atoms with E-state index in [1.54, 1.807) is 12.3 Å². The van der Waals surface area contributed by atoms with Crippen LogP contribution in [0.5, 0.6) is 0 Å². The van der Waals surface area contributed by atoms with Crippen LogP contribution in [0.4, 0.5) is 11.5 Å². The maximum atomic E-state index is 12.0. The zero-order valence-corrected chi connectivity index (χ0v) is 9.10. The molecule has 5 nitrogen and oxygen atoms in total. The highest BCUT2D eigenvalue weighted by atomic mass is 16.2. The van der Waals surface area contributed by atoms with Gasteiger partial charge in [0.25, 0.3) is 0 Å². The molecule has 2 heterocycles. The van der Waals surface area contributed by atoms with E-state index in [2.05, 4.69) is 20.8 Å². The van der Waals surface area contributed by atoms with E-state index in [0.717, 1.165) is 12.1 Å². The molecule has 17 heavy (non-hydrogen) atoms. The Morgan fingerprint density at radius 3 is 3.00 bits per heavy atom.